The van der Waals surface area contributed by atoms with Crippen LogP contribution in [0.4, 0.5) is 0 Å². The van der Waals surface area contributed by atoms with Crippen molar-refractivity contribution in [3.8, 4) is 0 Å². The van der Waals surface area contributed by atoms with Crippen molar-refractivity contribution in [1.29, 1.82) is 0 Å². The summed E-state index contributed by atoms with van der Waals surface area (Å²) < 4.78 is 0.983. The maximum absolute atomic E-state index is 12.4. The van der Waals surface area contributed by atoms with Crippen LogP contribution >= 0.6 is 27.3 Å². The summed E-state index contributed by atoms with van der Waals surface area (Å²) in [4.78, 5) is 21.9. The Kier molecular flexibility index (Phi) is 3.40. The second-order valence-electron chi connectivity index (χ2n) is 4.02. The summed E-state index contributed by atoms with van der Waals surface area (Å²) in [5.41, 5.74) is 2.05. The van der Waals surface area contributed by atoms with Crippen molar-refractivity contribution in [2.24, 2.45) is 0 Å². The Bertz CT molecular complexity index is 749. The summed E-state index contributed by atoms with van der Waals surface area (Å²) in [6.07, 6.45) is 3.63. The third-order valence-electron chi connectivity index (χ3n) is 2.81. The summed E-state index contributed by atoms with van der Waals surface area (Å²) in [6.45, 7) is 0. The van der Waals surface area contributed by atoms with Gasteiger partial charge in [0.25, 0.3) is 0 Å². The molecule has 94 valence electrons. The number of halogens is 1. The molecule has 0 amide bonds. The van der Waals surface area contributed by atoms with E-state index in [1.807, 2.05) is 23.6 Å². The van der Waals surface area contributed by atoms with Crippen molar-refractivity contribution in [2.45, 2.75) is 6.42 Å². The van der Waals surface area contributed by atoms with E-state index in [1.54, 1.807) is 29.8 Å². The maximum atomic E-state index is 12.4. The van der Waals surface area contributed by atoms with E-state index in [9.17, 15) is 4.79 Å². The molecular weight excluding hydrogens is 324 g/mol. The Morgan fingerprint density at radius 1 is 1.21 bits per heavy atom. The minimum absolute atomic E-state index is 0.0641. The van der Waals surface area contributed by atoms with Gasteiger partial charge in [0.2, 0.25) is 0 Å². The topological polar surface area (TPSA) is 42.9 Å². The highest BCUT2D eigenvalue weighted by Gasteiger charge is 2.14. The molecule has 0 saturated carbocycles. The number of benzene rings is 1. The van der Waals surface area contributed by atoms with Crippen LogP contribution in [-0.2, 0) is 6.42 Å². The van der Waals surface area contributed by atoms with Crippen molar-refractivity contribution in [2.75, 3.05) is 0 Å². The zero-order valence-corrected chi connectivity index (χ0v) is 12.2. The number of hydrogen-bond donors (Lipinski definition) is 0. The molecule has 0 radical (unpaired) electrons. The molecule has 1 aromatic carbocycles. The minimum atomic E-state index is 0.0641. The van der Waals surface area contributed by atoms with E-state index in [4.69, 9.17) is 0 Å². The summed E-state index contributed by atoms with van der Waals surface area (Å²) >= 11 is 5.02. The number of carbonyl (C=O) groups excluding carboxylic acids is 1. The largest absolute Gasteiger partial charge is 0.294 e. The SMILES string of the molecule is O=C(Cc1sccc1Br)c1cccc2nccnc12. The molecule has 2 heterocycles. The predicted octanol–water partition coefficient (Wildman–Crippen LogP) is 3.88. The van der Waals surface area contributed by atoms with Crippen LogP contribution in [-0.4, -0.2) is 15.8 Å². The minimum Gasteiger partial charge on any atom is -0.294 e. The van der Waals surface area contributed by atoms with Crippen molar-refractivity contribution < 1.29 is 4.79 Å². The molecule has 3 nitrogen and oxygen atoms in total. The van der Waals surface area contributed by atoms with Crippen molar-refractivity contribution in [3.05, 3.63) is 57.0 Å². The number of para-hydroxylation sites is 1. The van der Waals surface area contributed by atoms with E-state index >= 15 is 0 Å². The Balaban J connectivity index is 2.00. The van der Waals surface area contributed by atoms with E-state index < -0.39 is 0 Å². The average molecular weight is 333 g/mol. The van der Waals surface area contributed by atoms with Crippen molar-refractivity contribution in [1.82, 2.24) is 9.97 Å². The van der Waals surface area contributed by atoms with Gasteiger partial charge in [-0.05, 0) is 39.5 Å². The maximum Gasteiger partial charge on any atom is 0.170 e. The van der Waals surface area contributed by atoms with Crippen LogP contribution in [0, 0.1) is 0 Å². The quantitative estimate of drug-likeness (QED) is 0.683. The average Bonchev–Trinajstić information content (AvgIpc) is 2.83. The molecule has 0 aliphatic rings. The van der Waals surface area contributed by atoms with Crippen molar-refractivity contribution >= 4 is 44.1 Å². The van der Waals surface area contributed by atoms with Crippen LogP contribution in [0.3, 0.4) is 0 Å². The van der Waals surface area contributed by atoms with Gasteiger partial charge in [0.1, 0.15) is 0 Å². The molecule has 0 fully saturated rings. The molecule has 0 N–H and O–H groups in total. The highest BCUT2D eigenvalue weighted by Crippen LogP contribution is 2.25. The Labute approximate surface area is 122 Å². The van der Waals surface area contributed by atoms with E-state index in [0.717, 1.165) is 14.9 Å². The molecule has 0 atom stereocenters. The third-order valence-corrected chi connectivity index (χ3v) is 4.74. The lowest BCUT2D eigenvalue weighted by atomic mass is 10.1. The molecule has 3 rings (SSSR count). The number of fused-ring (bicyclic) bond motifs is 1. The lowest BCUT2D eigenvalue weighted by Crippen LogP contribution is -2.04. The van der Waals surface area contributed by atoms with Gasteiger partial charge in [-0.1, -0.05) is 6.07 Å². The number of hydrogen-bond acceptors (Lipinski definition) is 4. The van der Waals surface area contributed by atoms with Crippen molar-refractivity contribution in [3.63, 3.8) is 0 Å². The first-order valence-corrected chi connectivity index (χ1v) is 7.38. The highest BCUT2D eigenvalue weighted by atomic mass is 79.9. The molecular formula is C14H9BrN2OS. The number of Topliss-reactive ketones (excluding diaryl/α,β-unsaturated/α-hetero) is 1. The van der Waals surface area contributed by atoms with Crippen LogP contribution in [0.15, 0.2) is 46.5 Å². The van der Waals surface area contributed by atoms with Gasteiger partial charge in [0.15, 0.2) is 5.78 Å². The monoisotopic (exact) mass is 332 g/mol. The van der Waals surface area contributed by atoms with Crippen LogP contribution in [0.2, 0.25) is 0 Å². The second-order valence-corrected chi connectivity index (χ2v) is 5.88. The van der Waals surface area contributed by atoms with Gasteiger partial charge in [0.05, 0.1) is 11.0 Å². The van der Waals surface area contributed by atoms with E-state index in [-0.39, 0.29) is 5.78 Å². The first-order chi connectivity index (χ1) is 9.25. The zero-order chi connectivity index (χ0) is 13.2. The fourth-order valence-corrected chi connectivity index (χ4v) is 3.40. The normalized spacial score (nSPS) is 10.8. The number of rotatable bonds is 3. The lowest BCUT2D eigenvalue weighted by molar-refractivity contribution is 0.0995. The summed E-state index contributed by atoms with van der Waals surface area (Å²) in [7, 11) is 0. The number of thiophene rings is 1. The third kappa shape index (κ3) is 2.43. The zero-order valence-electron chi connectivity index (χ0n) is 9.84. The van der Waals surface area contributed by atoms with Crippen LogP contribution in [0.1, 0.15) is 15.2 Å². The number of ketones is 1. The Morgan fingerprint density at radius 2 is 2.05 bits per heavy atom. The second kappa shape index (κ2) is 5.19. The molecule has 3 aromatic rings. The molecule has 0 unspecified atom stereocenters. The Morgan fingerprint density at radius 3 is 2.84 bits per heavy atom. The summed E-state index contributed by atoms with van der Waals surface area (Å²) in [5.74, 6) is 0.0641. The van der Waals surface area contributed by atoms with Gasteiger partial charge >= 0.3 is 0 Å². The van der Waals surface area contributed by atoms with Gasteiger partial charge < -0.3 is 0 Å². The van der Waals surface area contributed by atoms with E-state index in [1.165, 1.54) is 0 Å². The highest BCUT2D eigenvalue weighted by molar-refractivity contribution is 9.10. The van der Waals surface area contributed by atoms with Crippen LogP contribution in [0.5, 0.6) is 0 Å². The molecule has 0 bridgehead atoms. The number of carbonyl (C=O) groups is 1. The number of aromatic nitrogens is 2. The van der Waals surface area contributed by atoms with Gasteiger partial charge in [-0.3, -0.25) is 14.8 Å². The van der Waals surface area contributed by atoms with Crippen LogP contribution < -0.4 is 0 Å². The number of nitrogens with zero attached hydrogens (tertiary/aromatic N) is 2. The fraction of sp³-hybridized carbons (Fsp3) is 0.0714. The van der Waals surface area contributed by atoms with Gasteiger partial charge in [-0.25, -0.2) is 0 Å². The van der Waals surface area contributed by atoms with Crippen LogP contribution in [0.25, 0.3) is 11.0 Å². The predicted molar refractivity (Wildman–Crippen MR) is 79.6 cm³/mol. The lowest BCUT2D eigenvalue weighted by Gasteiger charge is -2.03. The summed E-state index contributed by atoms with van der Waals surface area (Å²) in [5, 5.41) is 1.97. The smallest absolute Gasteiger partial charge is 0.170 e. The van der Waals surface area contributed by atoms with Gasteiger partial charge in [0, 0.05) is 33.7 Å². The first-order valence-electron chi connectivity index (χ1n) is 5.70. The first kappa shape index (κ1) is 12.4. The molecule has 0 aliphatic heterocycles. The molecule has 0 saturated heterocycles. The molecule has 0 aliphatic carbocycles. The molecule has 0 spiro atoms. The van der Waals surface area contributed by atoms with Gasteiger partial charge in [-0.2, -0.15) is 0 Å². The fourth-order valence-electron chi connectivity index (χ4n) is 1.91. The van der Waals surface area contributed by atoms with E-state index in [2.05, 4.69) is 25.9 Å². The summed E-state index contributed by atoms with van der Waals surface area (Å²) in [6, 6.07) is 7.46. The standard InChI is InChI=1S/C14H9BrN2OS/c15-10-4-7-19-13(10)8-12(18)9-2-1-3-11-14(9)17-6-5-16-11/h1-7H,8H2. The molecule has 5 heteroatoms. The molecule has 2 aromatic heterocycles. The van der Waals surface area contributed by atoms with Gasteiger partial charge in [-0.15, -0.1) is 11.3 Å². The molecule has 19 heavy (non-hydrogen) atoms. The van der Waals surface area contributed by atoms with E-state index in [0.29, 0.717) is 17.5 Å². The Hall–Kier alpha value is -1.59.